The summed E-state index contributed by atoms with van der Waals surface area (Å²) in [4.78, 5) is 16.1. The molecule has 0 spiro atoms. The standard InChI is InChI=1S/C13H15N5O3S/c1-2-3-8-14-12(19)11-15-13-17-22(20,21)10-7-5-4-6-9(10)18(13)16-11/h4-7H,2-3,8H2,1H3,(H,14,19)(H,15,16,17). The van der Waals surface area contributed by atoms with Crippen LogP contribution in [-0.4, -0.2) is 35.6 Å². The Morgan fingerprint density at radius 2 is 2.14 bits per heavy atom. The van der Waals surface area contributed by atoms with E-state index < -0.39 is 15.9 Å². The van der Waals surface area contributed by atoms with Gasteiger partial charge in [-0.3, -0.25) is 4.79 Å². The van der Waals surface area contributed by atoms with Crippen molar-refractivity contribution in [2.75, 3.05) is 11.3 Å². The highest BCUT2D eigenvalue weighted by atomic mass is 32.2. The van der Waals surface area contributed by atoms with Crippen LogP contribution in [0.4, 0.5) is 5.95 Å². The van der Waals surface area contributed by atoms with Gasteiger partial charge in [0.05, 0.1) is 5.69 Å². The summed E-state index contributed by atoms with van der Waals surface area (Å²) in [5, 5.41) is 6.80. The Balaban J connectivity index is 1.97. The van der Waals surface area contributed by atoms with Crippen LogP contribution in [0, 0.1) is 0 Å². The zero-order chi connectivity index (χ0) is 15.7. The third kappa shape index (κ3) is 2.43. The van der Waals surface area contributed by atoms with E-state index in [-0.39, 0.29) is 16.7 Å². The molecule has 0 fully saturated rings. The van der Waals surface area contributed by atoms with E-state index in [1.807, 2.05) is 6.92 Å². The molecule has 8 nitrogen and oxygen atoms in total. The number of nitrogens with one attached hydrogen (secondary N) is 2. The molecule has 9 heteroatoms. The zero-order valence-electron chi connectivity index (χ0n) is 11.9. The summed E-state index contributed by atoms with van der Waals surface area (Å²) in [5.41, 5.74) is 0.372. The Bertz CT molecular complexity index is 828. The topological polar surface area (TPSA) is 106 Å². The van der Waals surface area contributed by atoms with E-state index in [0.717, 1.165) is 12.8 Å². The number of amides is 1. The highest BCUT2D eigenvalue weighted by molar-refractivity contribution is 7.92. The van der Waals surface area contributed by atoms with E-state index in [1.54, 1.807) is 18.2 Å². The number of unbranched alkanes of at least 4 members (excludes halogenated alkanes) is 1. The van der Waals surface area contributed by atoms with Crippen LogP contribution in [0.5, 0.6) is 0 Å². The molecule has 1 amide bonds. The maximum Gasteiger partial charge on any atom is 0.291 e. The number of para-hydroxylation sites is 1. The van der Waals surface area contributed by atoms with Crippen LogP contribution in [0.3, 0.4) is 0 Å². The summed E-state index contributed by atoms with van der Waals surface area (Å²) in [6, 6.07) is 6.42. The Kier molecular flexibility index (Phi) is 3.57. The summed E-state index contributed by atoms with van der Waals surface area (Å²) >= 11 is 0. The van der Waals surface area contributed by atoms with E-state index in [2.05, 4.69) is 20.1 Å². The first-order valence-corrected chi connectivity index (χ1v) is 8.38. The molecule has 1 aromatic heterocycles. The fourth-order valence-electron chi connectivity index (χ4n) is 2.13. The molecule has 0 saturated heterocycles. The van der Waals surface area contributed by atoms with E-state index in [1.165, 1.54) is 10.7 Å². The van der Waals surface area contributed by atoms with Crippen LogP contribution in [0.2, 0.25) is 0 Å². The van der Waals surface area contributed by atoms with Gasteiger partial charge in [0.15, 0.2) is 0 Å². The number of anilines is 1. The van der Waals surface area contributed by atoms with Crippen molar-refractivity contribution < 1.29 is 13.2 Å². The molecule has 1 aliphatic rings. The second kappa shape index (κ2) is 5.41. The minimum atomic E-state index is -3.69. The molecule has 2 N–H and O–H groups in total. The van der Waals surface area contributed by atoms with Crippen molar-refractivity contribution in [3.63, 3.8) is 0 Å². The number of aromatic nitrogens is 3. The van der Waals surface area contributed by atoms with Gasteiger partial charge in [0.2, 0.25) is 11.8 Å². The van der Waals surface area contributed by atoms with Crippen LogP contribution < -0.4 is 10.0 Å². The van der Waals surface area contributed by atoms with Crippen molar-refractivity contribution in [1.82, 2.24) is 20.1 Å². The summed E-state index contributed by atoms with van der Waals surface area (Å²) in [5.74, 6) is -0.475. The van der Waals surface area contributed by atoms with Crippen molar-refractivity contribution in [3.8, 4) is 5.69 Å². The van der Waals surface area contributed by atoms with E-state index in [4.69, 9.17) is 0 Å². The Labute approximate surface area is 127 Å². The Morgan fingerprint density at radius 3 is 2.91 bits per heavy atom. The molecule has 116 valence electrons. The van der Waals surface area contributed by atoms with Crippen molar-refractivity contribution in [2.45, 2.75) is 24.7 Å². The van der Waals surface area contributed by atoms with Crippen LogP contribution >= 0.6 is 0 Å². The second-order valence-electron chi connectivity index (χ2n) is 4.85. The van der Waals surface area contributed by atoms with E-state index >= 15 is 0 Å². The van der Waals surface area contributed by atoms with Crippen LogP contribution in [-0.2, 0) is 10.0 Å². The SMILES string of the molecule is CCCCNC(=O)c1nc2n(n1)-c1ccccc1S(=O)(=O)N2. The molecule has 2 aromatic rings. The lowest BCUT2D eigenvalue weighted by molar-refractivity contribution is 0.0943. The fourth-order valence-corrected chi connectivity index (χ4v) is 3.30. The predicted molar refractivity (Wildman–Crippen MR) is 79.4 cm³/mol. The lowest BCUT2D eigenvalue weighted by Crippen LogP contribution is -2.25. The number of carbonyl (C=O) groups excluding carboxylic acids is 1. The van der Waals surface area contributed by atoms with E-state index in [0.29, 0.717) is 12.2 Å². The molecular weight excluding hydrogens is 306 g/mol. The molecule has 0 radical (unpaired) electrons. The lowest BCUT2D eigenvalue weighted by atomic mass is 10.3. The summed E-state index contributed by atoms with van der Waals surface area (Å²) in [6.45, 7) is 2.55. The molecule has 0 aliphatic carbocycles. The average Bonchev–Trinajstić information content (AvgIpc) is 2.91. The largest absolute Gasteiger partial charge is 0.349 e. The monoisotopic (exact) mass is 321 g/mol. The number of benzene rings is 1. The van der Waals surface area contributed by atoms with Crippen LogP contribution in [0.15, 0.2) is 29.2 Å². The highest BCUT2D eigenvalue weighted by Gasteiger charge is 2.30. The molecule has 0 atom stereocenters. The first-order valence-electron chi connectivity index (χ1n) is 6.90. The maximum atomic E-state index is 12.1. The zero-order valence-corrected chi connectivity index (χ0v) is 12.7. The molecule has 3 rings (SSSR count). The number of hydrogen-bond donors (Lipinski definition) is 2. The molecule has 22 heavy (non-hydrogen) atoms. The molecule has 1 aromatic carbocycles. The minimum Gasteiger partial charge on any atom is -0.349 e. The molecule has 0 saturated carbocycles. The molecule has 2 heterocycles. The Morgan fingerprint density at radius 1 is 1.36 bits per heavy atom. The van der Waals surface area contributed by atoms with Gasteiger partial charge in [-0.25, -0.2) is 13.1 Å². The molecule has 0 bridgehead atoms. The van der Waals surface area contributed by atoms with Gasteiger partial charge in [0.25, 0.3) is 15.9 Å². The van der Waals surface area contributed by atoms with Crippen LogP contribution in [0.1, 0.15) is 30.4 Å². The summed E-state index contributed by atoms with van der Waals surface area (Å²) in [6.07, 6.45) is 1.81. The molecule has 0 unspecified atom stereocenters. The van der Waals surface area contributed by atoms with Gasteiger partial charge in [0, 0.05) is 6.54 Å². The number of sulfonamides is 1. The van der Waals surface area contributed by atoms with Crippen molar-refractivity contribution in [1.29, 1.82) is 0 Å². The van der Waals surface area contributed by atoms with Crippen molar-refractivity contribution in [2.24, 2.45) is 0 Å². The lowest BCUT2D eigenvalue weighted by Gasteiger charge is -2.17. The van der Waals surface area contributed by atoms with Crippen molar-refractivity contribution in [3.05, 3.63) is 30.1 Å². The third-order valence-corrected chi connectivity index (χ3v) is 4.61. The summed E-state index contributed by atoms with van der Waals surface area (Å²) in [7, 11) is -3.69. The molecular formula is C13H15N5O3S. The first-order chi connectivity index (χ1) is 10.5. The average molecular weight is 321 g/mol. The van der Waals surface area contributed by atoms with Gasteiger partial charge in [-0.1, -0.05) is 25.5 Å². The van der Waals surface area contributed by atoms with E-state index in [9.17, 15) is 13.2 Å². The number of hydrogen-bond acceptors (Lipinski definition) is 5. The Hall–Kier alpha value is -2.42. The van der Waals surface area contributed by atoms with Gasteiger partial charge in [0.1, 0.15) is 4.90 Å². The minimum absolute atomic E-state index is 0.0133. The normalized spacial score (nSPS) is 14.6. The quantitative estimate of drug-likeness (QED) is 0.814. The van der Waals surface area contributed by atoms with Gasteiger partial charge in [-0.15, -0.1) is 5.10 Å². The van der Waals surface area contributed by atoms with Crippen molar-refractivity contribution >= 4 is 21.9 Å². The number of rotatable bonds is 4. The number of fused-ring (bicyclic) bond motifs is 3. The summed E-state index contributed by atoms with van der Waals surface area (Å²) < 4.78 is 27.9. The highest BCUT2D eigenvalue weighted by Crippen LogP contribution is 2.28. The second-order valence-corrected chi connectivity index (χ2v) is 6.50. The predicted octanol–water partition coefficient (Wildman–Crippen LogP) is 0.911. The smallest absolute Gasteiger partial charge is 0.291 e. The van der Waals surface area contributed by atoms with Gasteiger partial charge in [-0.2, -0.15) is 9.67 Å². The number of nitrogens with zero attached hydrogens (tertiary/aromatic N) is 3. The first kappa shape index (κ1) is 14.5. The molecule has 1 aliphatic heterocycles. The third-order valence-electron chi connectivity index (χ3n) is 3.23. The number of carbonyl (C=O) groups is 1. The van der Waals surface area contributed by atoms with Crippen LogP contribution in [0.25, 0.3) is 5.69 Å². The van der Waals surface area contributed by atoms with Gasteiger partial charge in [-0.05, 0) is 18.6 Å². The maximum absolute atomic E-state index is 12.1. The van der Waals surface area contributed by atoms with Gasteiger partial charge >= 0.3 is 0 Å². The van der Waals surface area contributed by atoms with Gasteiger partial charge < -0.3 is 5.32 Å². The fraction of sp³-hybridized carbons (Fsp3) is 0.308.